The van der Waals surface area contributed by atoms with Gasteiger partial charge in [0.25, 0.3) is 5.89 Å². The molecular weight excluding hydrogens is 316 g/mol. The van der Waals surface area contributed by atoms with Gasteiger partial charge in [0.2, 0.25) is 0 Å². The number of carbonyl (C=O) groups excluding carboxylic acids is 1. The van der Waals surface area contributed by atoms with Crippen LogP contribution in [0.5, 0.6) is 0 Å². The van der Waals surface area contributed by atoms with Gasteiger partial charge in [0.15, 0.2) is 5.76 Å². The molecule has 1 fully saturated rings. The summed E-state index contributed by atoms with van der Waals surface area (Å²) in [5.74, 6) is 3.72. The van der Waals surface area contributed by atoms with Crippen molar-refractivity contribution in [1.29, 1.82) is 0 Å². The predicted molar refractivity (Wildman–Crippen MR) is 87.1 cm³/mol. The van der Waals surface area contributed by atoms with E-state index in [0.29, 0.717) is 24.6 Å². The third-order valence-corrected chi connectivity index (χ3v) is 5.05. The molecule has 124 valence electrons. The number of thioether (sulfide) groups is 1. The van der Waals surface area contributed by atoms with Gasteiger partial charge in [0.05, 0.1) is 25.5 Å². The topological polar surface area (TPSA) is 68.7 Å². The molecule has 3 heterocycles. The molecule has 1 unspecified atom stereocenters. The van der Waals surface area contributed by atoms with Crippen molar-refractivity contribution in [3.05, 3.63) is 29.9 Å². The summed E-state index contributed by atoms with van der Waals surface area (Å²) in [4.78, 5) is 18.4. The number of methoxy groups -OCH3 is 1. The Bertz CT molecular complexity index is 653. The van der Waals surface area contributed by atoms with Crippen LogP contribution in [0.3, 0.4) is 0 Å². The van der Waals surface area contributed by atoms with E-state index in [2.05, 4.69) is 9.88 Å². The standard InChI is InChI=1S/C16H20N2O4S/c1-11-13(17-16(22-11)14-4-3-6-21-14)9-18-5-7-23-10-12(18)8-15(19)20-2/h3-4,6,12H,5,7-10H2,1-2H3. The fourth-order valence-electron chi connectivity index (χ4n) is 2.63. The van der Waals surface area contributed by atoms with Crippen molar-refractivity contribution < 1.29 is 18.4 Å². The molecule has 0 saturated carbocycles. The van der Waals surface area contributed by atoms with Crippen LogP contribution in [0, 0.1) is 6.92 Å². The number of rotatable bonds is 5. The van der Waals surface area contributed by atoms with Crippen molar-refractivity contribution in [2.75, 3.05) is 25.2 Å². The Hall–Kier alpha value is -1.73. The summed E-state index contributed by atoms with van der Waals surface area (Å²) in [5, 5.41) is 0. The molecule has 0 aliphatic carbocycles. The molecule has 0 radical (unpaired) electrons. The van der Waals surface area contributed by atoms with Gasteiger partial charge in [-0.1, -0.05) is 0 Å². The van der Waals surface area contributed by atoms with Crippen LogP contribution in [0.15, 0.2) is 27.2 Å². The van der Waals surface area contributed by atoms with Crippen LogP contribution >= 0.6 is 11.8 Å². The third-order valence-electron chi connectivity index (χ3n) is 3.96. The molecule has 3 rings (SSSR count). The van der Waals surface area contributed by atoms with E-state index in [1.165, 1.54) is 7.11 Å². The Kier molecular flexibility index (Phi) is 5.07. The van der Waals surface area contributed by atoms with E-state index in [1.807, 2.05) is 30.8 Å². The van der Waals surface area contributed by atoms with E-state index in [4.69, 9.17) is 13.6 Å². The first-order valence-electron chi connectivity index (χ1n) is 7.56. The number of nitrogens with zero attached hydrogens (tertiary/aromatic N) is 2. The summed E-state index contributed by atoms with van der Waals surface area (Å²) in [6.45, 7) is 3.50. The second-order valence-electron chi connectivity index (χ2n) is 5.48. The van der Waals surface area contributed by atoms with Gasteiger partial charge in [-0.25, -0.2) is 4.98 Å². The Labute approximate surface area is 139 Å². The van der Waals surface area contributed by atoms with Gasteiger partial charge in [-0.15, -0.1) is 0 Å². The quantitative estimate of drug-likeness (QED) is 0.778. The van der Waals surface area contributed by atoms with Crippen LogP contribution in [0.4, 0.5) is 0 Å². The van der Waals surface area contributed by atoms with E-state index in [0.717, 1.165) is 29.5 Å². The summed E-state index contributed by atoms with van der Waals surface area (Å²) >= 11 is 1.87. The van der Waals surface area contributed by atoms with Crippen LogP contribution in [-0.4, -0.2) is 47.1 Å². The highest BCUT2D eigenvalue weighted by atomic mass is 32.2. The van der Waals surface area contributed by atoms with Crippen LogP contribution in [-0.2, 0) is 16.1 Å². The number of aryl methyl sites for hydroxylation is 1. The molecule has 23 heavy (non-hydrogen) atoms. The minimum Gasteiger partial charge on any atom is -0.469 e. The lowest BCUT2D eigenvalue weighted by Gasteiger charge is -2.34. The lowest BCUT2D eigenvalue weighted by Crippen LogP contribution is -2.43. The van der Waals surface area contributed by atoms with Gasteiger partial charge < -0.3 is 13.6 Å². The van der Waals surface area contributed by atoms with E-state index >= 15 is 0 Å². The molecule has 0 spiro atoms. The lowest BCUT2D eigenvalue weighted by atomic mass is 10.2. The molecule has 1 saturated heterocycles. The Balaban J connectivity index is 1.73. The third kappa shape index (κ3) is 3.79. The Morgan fingerprint density at radius 2 is 2.43 bits per heavy atom. The maximum atomic E-state index is 11.6. The minimum atomic E-state index is -0.171. The zero-order valence-corrected chi connectivity index (χ0v) is 14.1. The number of esters is 1. The van der Waals surface area contributed by atoms with Gasteiger partial charge in [0, 0.05) is 30.6 Å². The number of hydrogen-bond acceptors (Lipinski definition) is 7. The first kappa shape index (κ1) is 16.1. The van der Waals surface area contributed by atoms with E-state index in [1.54, 1.807) is 6.26 Å². The molecule has 1 atom stereocenters. The van der Waals surface area contributed by atoms with Crippen LogP contribution < -0.4 is 0 Å². The zero-order valence-electron chi connectivity index (χ0n) is 13.3. The normalized spacial score (nSPS) is 19.0. The van der Waals surface area contributed by atoms with Crippen LogP contribution in [0.2, 0.25) is 0 Å². The van der Waals surface area contributed by atoms with Crippen LogP contribution in [0.25, 0.3) is 11.7 Å². The van der Waals surface area contributed by atoms with Crippen LogP contribution in [0.1, 0.15) is 17.9 Å². The minimum absolute atomic E-state index is 0.171. The largest absolute Gasteiger partial charge is 0.469 e. The molecule has 0 N–H and O–H groups in total. The fraction of sp³-hybridized carbons (Fsp3) is 0.500. The maximum Gasteiger partial charge on any atom is 0.307 e. The summed E-state index contributed by atoms with van der Waals surface area (Å²) in [7, 11) is 1.43. The summed E-state index contributed by atoms with van der Waals surface area (Å²) < 4.78 is 15.8. The number of ether oxygens (including phenoxy) is 1. The number of hydrogen-bond donors (Lipinski definition) is 0. The number of carbonyl (C=O) groups is 1. The molecule has 6 nitrogen and oxygen atoms in total. The van der Waals surface area contributed by atoms with Crippen molar-refractivity contribution in [2.24, 2.45) is 0 Å². The van der Waals surface area contributed by atoms with E-state index < -0.39 is 0 Å². The highest BCUT2D eigenvalue weighted by Crippen LogP contribution is 2.26. The smallest absolute Gasteiger partial charge is 0.307 e. The van der Waals surface area contributed by atoms with E-state index in [9.17, 15) is 4.79 Å². The molecule has 0 amide bonds. The van der Waals surface area contributed by atoms with Crippen molar-refractivity contribution in [1.82, 2.24) is 9.88 Å². The van der Waals surface area contributed by atoms with Gasteiger partial charge >= 0.3 is 5.97 Å². The first-order chi connectivity index (χ1) is 11.2. The van der Waals surface area contributed by atoms with Crippen molar-refractivity contribution in [2.45, 2.75) is 25.9 Å². The Morgan fingerprint density at radius 3 is 3.17 bits per heavy atom. The summed E-state index contributed by atoms with van der Waals surface area (Å²) in [5.41, 5.74) is 0.887. The zero-order chi connectivity index (χ0) is 16.2. The molecule has 0 aromatic carbocycles. The van der Waals surface area contributed by atoms with Crippen molar-refractivity contribution in [3.8, 4) is 11.7 Å². The SMILES string of the molecule is COC(=O)CC1CSCCN1Cc1nc(-c2ccco2)oc1C. The highest BCUT2D eigenvalue weighted by Gasteiger charge is 2.27. The molecule has 2 aromatic rings. The Morgan fingerprint density at radius 1 is 1.57 bits per heavy atom. The monoisotopic (exact) mass is 336 g/mol. The van der Waals surface area contributed by atoms with Crippen molar-refractivity contribution in [3.63, 3.8) is 0 Å². The second kappa shape index (κ2) is 7.23. The molecule has 1 aliphatic rings. The number of furan rings is 1. The second-order valence-corrected chi connectivity index (χ2v) is 6.63. The van der Waals surface area contributed by atoms with Gasteiger partial charge in [-0.3, -0.25) is 9.69 Å². The molecule has 0 bridgehead atoms. The number of oxazole rings is 1. The number of aromatic nitrogens is 1. The predicted octanol–water partition coefficient (Wildman–Crippen LogP) is 2.72. The first-order valence-corrected chi connectivity index (χ1v) is 8.71. The molecule has 7 heteroatoms. The van der Waals surface area contributed by atoms with Gasteiger partial charge in [0.1, 0.15) is 5.76 Å². The molecule has 1 aliphatic heterocycles. The van der Waals surface area contributed by atoms with Crippen molar-refractivity contribution >= 4 is 17.7 Å². The van der Waals surface area contributed by atoms with Gasteiger partial charge in [-0.05, 0) is 19.1 Å². The molecule has 2 aromatic heterocycles. The average Bonchev–Trinajstić information content (AvgIpc) is 3.19. The fourth-order valence-corrected chi connectivity index (χ4v) is 3.76. The lowest BCUT2D eigenvalue weighted by molar-refractivity contribution is -0.141. The average molecular weight is 336 g/mol. The highest BCUT2D eigenvalue weighted by molar-refractivity contribution is 7.99. The molecular formula is C16H20N2O4S. The maximum absolute atomic E-state index is 11.6. The summed E-state index contributed by atoms with van der Waals surface area (Å²) in [6.07, 6.45) is 2.01. The van der Waals surface area contributed by atoms with E-state index in [-0.39, 0.29) is 12.0 Å². The van der Waals surface area contributed by atoms with Gasteiger partial charge in [-0.2, -0.15) is 11.8 Å². The summed E-state index contributed by atoms with van der Waals surface area (Å²) in [6, 6.07) is 3.81.